The standard InChI is InChI=1S/C12H17N7S/c1-9-10(17-13)15-8-16-11(9)18-3-5-19(6-4-18)12-14-2-7-20-12/h2,7-8H,3-6,13H2,1H3,(H,15,16,17). The minimum atomic E-state index is 0.678. The largest absolute Gasteiger partial charge is 0.353 e. The number of anilines is 3. The molecule has 0 spiro atoms. The zero-order valence-corrected chi connectivity index (χ0v) is 12.1. The number of hydrazine groups is 1. The topological polar surface area (TPSA) is 83.2 Å². The molecule has 106 valence electrons. The van der Waals surface area contributed by atoms with Gasteiger partial charge in [0.2, 0.25) is 0 Å². The zero-order chi connectivity index (χ0) is 13.9. The summed E-state index contributed by atoms with van der Waals surface area (Å²) >= 11 is 1.68. The van der Waals surface area contributed by atoms with E-state index in [1.807, 2.05) is 18.5 Å². The highest BCUT2D eigenvalue weighted by molar-refractivity contribution is 7.13. The van der Waals surface area contributed by atoms with E-state index < -0.39 is 0 Å². The molecule has 0 aromatic carbocycles. The maximum Gasteiger partial charge on any atom is 0.185 e. The number of thiazole rings is 1. The summed E-state index contributed by atoms with van der Waals surface area (Å²) in [5.41, 5.74) is 3.59. The fourth-order valence-electron chi connectivity index (χ4n) is 2.39. The Morgan fingerprint density at radius 2 is 1.90 bits per heavy atom. The first-order valence-electron chi connectivity index (χ1n) is 6.47. The van der Waals surface area contributed by atoms with Crippen LogP contribution in [0.5, 0.6) is 0 Å². The summed E-state index contributed by atoms with van der Waals surface area (Å²) < 4.78 is 0. The molecule has 8 heteroatoms. The van der Waals surface area contributed by atoms with Gasteiger partial charge in [-0.2, -0.15) is 0 Å². The lowest BCUT2D eigenvalue weighted by molar-refractivity contribution is 0.644. The molecule has 7 nitrogen and oxygen atoms in total. The minimum Gasteiger partial charge on any atom is -0.353 e. The first-order chi connectivity index (χ1) is 9.79. The van der Waals surface area contributed by atoms with Crippen molar-refractivity contribution in [2.24, 2.45) is 5.84 Å². The molecule has 0 aliphatic carbocycles. The molecule has 1 saturated heterocycles. The maximum absolute atomic E-state index is 5.46. The van der Waals surface area contributed by atoms with E-state index in [4.69, 9.17) is 5.84 Å². The van der Waals surface area contributed by atoms with E-state index in [1.54, 1.807) is 17.7 Å². The summed E-state index contributed by atoms with van der Waals surface area (Å²) in [4.78, 5) is 17.4. The molecule has 1 aliphatic rings. The van der Waals surface area contributed by atoms with Gasteiger partial charge in [0, 0.05) is 43.3 Å². The van der Waals surface area contributed by atoms with Crippen molar-refractivity contribution in [3.63, 3.8) is 0 Å². The Bertz CT molecular complexity index is 563. The third kappa shape index (κ3) is 2.39. The van der Waals surface area contributed by atoms with Crippen molar-refractivity contribution in [3.8, 4) is 0 Å². The van der Waals surface area contributed by atoms with Crippen molar-refractivity contribution in [2.75, 3.05) is 41.4 Å². The normalized spacial score (nSPS) is 15.5. The van der Waals surface area contributed by atoms with Crippen LogP contribution in [0.1, 0.15) is 5.56 Å². The molecule has 2 aromatic rings. The molecule has 0 bridgehead atoms. The van der Waals surface area contributed by atoms with Gasteiger partial charge in [0.15, 0.2) is 5.13 Å². The Hall–Kier alpha value is -1.93. The number of rotatable bonds is 3. The van der Waals surface area contributed by atoms with Crippen LogP contribution in [-0.4, -0.2) is 41.1 Å². The number of hydrogen-bond acceptors (Lipinski definition) is 8. The van der Waals surface area contributed by atoms with E-state index in [2.05, 4.69) is 30.2 Å². The van der Waals surface area contributed by atoms with E-state index in [-0.39, 0.29) is 0 Å². The Labute approximate surface area is 121 Å². The lowest BCUT2D eigenvalue weighted by Crippen LogP contribution is -2.47. The van der Waals surface area contributed by atoms with Crippen LogP contribution >= 0.6 is 11.3 Å². The average molecular weight is 291 g/mol. The van der Waals surface area contributed by atoms with E-state index in [0.717, 1.165) is 42.7 Å². The number of nitrogens with zero attached hydrogens (tertiary/aromatic N) is 5. The Balaban J connectivity index is 1.72. The number of hydrogen-bond donors (Lipinski definition) is 2. The van der Waals surface area contributed by atoms with Gasteiger partial charge >= 0.3 is 0 Å². The van der Waals surface area contributed by atoms with Gasteiger partial charge in [-0.15, -0.1) is 11.3 Å². The molecular weight excluding hydrogens is 274 g/mol. The molecule has 3 rings (SSSR count). The average Bonchev–Trinajstić information content (AvgIpc) is 3.02. The number of nitrogen functional groups attached to an aromatic ring is 1. The molecule has 20 heavy (non-hydrogen) atoms. The molecule has 0 radical (unpaired) electrons. The first kappa shape index (κ1) is 13.1. The van der Waals surface area contributed by atoms with Gasteiger partial charge in [-0.05, 0) is 6.92 Å². The van der Waals surface area contributed by atoms with E-state index in [1.165, 1.54) is 0 Å². The predicted octanol–water partition coefficient (Wildman–Crippen LogP) is 0.854. The van der Waals surface area contributed by atoms with Crippen LogP contribution in [-0.2, 0) is 0 Å². The summed E-state index contributed by atoms with van der Waals surface area (Å²) in [6.45, 7) is 5.71. The molecule has 0 saturated carbocycles. The van der Waals surface area contributed by atoms with E-state index in [9.17, 15) is 0 Å². The van der Waals surface area contributed by atoms with Gasteiger partial charge in [0.05, 0.1) is 0 Å². The Morgan fingerprint density at radius 3 is 2.55 bits per heavy atom. The van der Waals surface area contributed by atoms with Crippen LogP contribution in [0.2, 0.25) is 0 Å². The third-order valence-corrected chi connectivity index (χ3v) is 4.30. The van der Waals surface area contributed by atoms with E-state index in [0.29, 0.717) is 5.82 Å². The summed E-state index contributed by atoms with van der Waals surface area (Å²) in [6, 6.07) is 0. The number of nitrogens with one attached hydrogen (secondary N) is 1. The molecule has 2 aromatic heterocycles. The van der Waals surface area contributed by atoms with Crippen LogP contribution in [0.25, 0.3) is 0 Å². The number of nitrogens with two attached hydrogens (primary N) is 1. The van der Waals surface area contributed by atoms with Crippen molar-refractivity contribution in [1.29, 1.82) is 0 Å². The van der Waals surface area contributed by atoms with Crippen molar-refractivity contribution in [3.05, 3.63) is 23.5 Å². The summed E-state index contributed by atoms with van der Waals surface area (Å²) in [7, 11) is 0. The lowest BCUT2D eigenvalue weighted by Gasteiger charge is -2.35. The van der Waals surface area contributed by atoms with Crippen LogP contribution in [0, 0.1) is 6.92 Å². The van der Waals surface area contributed by atoms with Gasteiger partial charge < -0.3 is 15.2 Å². The molecule has 3 heterocycles. The van der Waals surface area contributed by atoms with Gasteiger partial charge in [-0.1, -0.05) is 0 Å². The highest BCUT2D eigenvalue weighted by Gasteiger charge is 2.21. The van der Waals surface area contributed by atoms with Crippen molar-refractivity contribution >= 4 is 28.1 Å². The molecule has 1 aliphatic heterocycles. The van der Waals surface area contributed by atoms with Gasteiger partial charge in [0.25, 0.3) is 0 Å². The van der Waals surface area contributed by atoms with Crippen LogP contribution < -0.4 is 21.1 Å². The third-order valence-electron chi connectivity index (χ3n) is 3.46. The van der Waals surface area contributed by atoms with Gasteiger partial charge in [0.1, 0.15) is 18.0 Å². The summed E-state index contributed by atoms with van der Waals surface area (Å²) in [5, 5.41) is 3.10. The second-order valence-corrected chi connectivity index (χ2v) is 5.48. The van der Waals surface area contributed by atoms with Crippen LogP contribution in [0.3, 0.4) is 0 Å². The Kier molecular flexibility index (Phi) is 3.66. The highest BCUT2D eigenvalue weighted by Crippen LogP contribution is 2.24. The second-order valence-electron chi connectivity index (χ2n) is 4.60. The molecular formula is C12H17N7S. The molecule has 0 unspecified atom stereocenters. The summed E-state index contributed by atoms with van der Waals surface area (Å²) in [5.74, 6) is 7.09. The quantitative estimate of drug-likeness (QED) is 0.641. The van der Waals surface area contributed by atoms with Crippen molar-refractivity contribution in [2.45, 2.75) is 6.92 Å². The predicted molar refractivity (Wildman–Crippen MR) is 81.1 cm³/mol. The van der Waals surface area contributed by atoms with Gasteiger partial charge in [-0.3, -0.25) is 0 Å². The fraction of sp³-hybridized carbons (Fsp3) is 0.417. The molecule has 0 amide bonds. The monoisotopic (exact) mass is 291 g/mol. The van der Waals surface area contributed by atoms with Crippen molar-refractivity contribution < 1.29 is 0 Å². The molecule has 1 fully saturated rings. The van der Waals surface area contributed by atoms with Crippen LogP contribution in [0.4, 0.5) is 16.8 Å². The van der Waals surface area contributed by atoms with E-state index >= 15 is 0 Å². The SMILES string of the molecule is Cc1c(NN)ncnc1N1CCN(c2nccs2)CC1. The van der Waals surface area contributed by atoms with Crippen molar-refractivity contribution in [1.82, 2.24) is 15.0 Å². The van der Waals surface area contributed by atoms with Gasteiger partial charge in [-0.25, -0.2) is 20.8 Å². The molecule has 0 atom stereocenters. The number of aromatic nitrogens is 3. The molecule has 3 N–H and O–H groups in total. The Morgan fingerprint density at radius 1 is 1.15 bits per heavy atom. The summed E-state index contributed by atoms with van der Waals surface area (Å²) in [6.07, 6.45) is 3.39. The minimum absolute atomic E-state index is 0.678. The zero-order valence-electron chi connectivity index (χ0n) is 11.3. The highest BCUT2D eigenvalue weighted by atomic mass is 32.1. The maximum atomic E-state index is 5.46. The first-order valence-corrected chi connectivity index (χ1v) is 7.35. The fourth-order valence-corrected chi connectivity index (χ4v) is 3.08. The second kappa shape index (κ2) is 5.59. The smallest absolute Gasteiger partial charge is 0.185 e. The number of piperazine rings is 1. The van der Waals surface area contributed by atoms with Crippen LogP contribution in [0.15, 0.2) is 17.9 Å². The lowest BCUT2D eigenvalue weighted by atomic mass is 10.2.